The van der Waals surface area contributed by atoms with Crippen LogP contribution in [0.25, 0.3) is 0 Å². The molecule has 0 aliphatic carbocycles. The summed E-state index contributed by atoms with van der Waals surface area (Å²) in [4.78, 5) is 10.2. The number of ether oxygens (including phenoxy) is 1. The van der Waals surface area contributed by atoms with Crippen molar-refractivity contribution in [1.29, 1.82) is 0 Å². The van der Waals surface area contributed by atoms with E-state index >= 15 is 0 Å². The van der Waals surface area contributed by atoms with Crippen LogP contribution in [0.15, 0.2) is 0 Å². The second-order valence-corrected chi connectivity index (χ2v) is 4.27. The number of carbonyl (C=O) groups excluding carboxylic acids is 1. The van der Waals surface area contributed by atoms with Gasteiger partial charge in [-0.2, -0.15) is 0 Å². The molecule has 0 spiro atoms. The predicted molar refractivity (Wildman–Crippen MR) is 36.7 cm³/mol. The van der Waals surface area contributed by atoms with E-state index in [0.717, 1.165) is 0 Å². The van der Waals surface area contributed by atoms with Crippen molar-refractivity contribution >= 4 is 15.0 Å². The lowest BCUT2D eigenvalue weighted by Gasteiger charge is -2.05. The van der Waals surface area contributed by atoms with E-state index in [-0.39, 0.29) is 5.97 Å². The molecule has 1 atom stereocenters. The Morgan fingerprint density at radius 2 is 2.22 bits per heavy atom. The molecule has 1 unspecified atom stereocenters. The zero-order valence-electron chi connectivity index (χ0n) is 6.01. The third kappa shape index (κ3) is 5.52. The van der Waals surface area contributed by atoms with Crippen molar-refractivity contribution < 1.29 is 14.0 Å². The molecule has 3 nitrogen and oxygen atoms in total. The van der Waals surface area contributed by atoms with Gasteiger partial charge in [-0.15, -0.1) is 0 Å². The SMILES string of the molecule is CO[SiH](C)COC(C)=O. The van der Waals surface area contributed by atoms with Gasteiger partial charge in [-0.1, -0.05) is 0 Å². The fourth-order valence-corrected chi connectivity index (χ4v) is 0.908. The highest BCUT2D eigenvalue weighted by atomic mass is 28.3. The number of hydrogen-bond donors (Lipinski definition) is 0. The summed E-state index contributed by atoms with van der Waals surface area (Å²) in [5.41, 5.74) is 0. The lowest BCUT2D eigenvalue weighted by atomic mass is 10.8. The standard InChI is InChI=1S/C5H12O3Si/c1-5(6)8-4-9(3)7-2/h9H,4H2,1-3H3. The minimum absolute atomic E-state index is 0.230. The van der Waals surface area contributed by atoms with Crippen molar-refractivity contribution in [2.45, 2.75) is 13.5 Å². The summed E-state index contributed by atoms with van der Waals surface area (Å²) in [7, 11) is 0.459. The van der Waals surface area contributed by atoms with Crippen molar-refractivity contribution in [1.82, 2.24) is 0 Å². The molecule has 0 aliphatic heterocycles. The first-order chi connectivity index (χ1) is 4.16. The molecule has 0 saturated heterocycles. The lowest BCUT2D eigenvalue weighted by molar-refractivity contribution is -0.139. The smallest absolute Gasteiger partial charge is 0.302 e. The average molecular weight is 148 g/mol. The lowest BCUT2D eigenvalue weighted by Crippen LogP contribution is -2.20. The molecule has 0 amide bonds. The van der Waals surface area contributed by atoms with Gasteiger partial charge in [-0.3, -0.25) is 4.79 Å². The average Bonchev–Trinajstić information content (AvgIpc) is 1.83. The largest absolute Gasteiger partial charge is 0.467 e. The first-order valence-corrected chi connectivity index (χ1v) is 5.27. The Balaban J connectivity index is 3.16. The molecule has 0 heterocycles. The topological polar surface area (TPSA) is 35.5 Å². The first kappa shape index (κ1) is 8.65. The normalized spacial score (nSPS) is 12.8. The Morgan fingerprint density at radius 1 is 1.67 bits per heavy atom. The van der Waals surface area contributed by atoms with E-state index in [1.165, 1.54) is 6.92 Å². The van der Waals surface area contributed by atoms with Gasteiger partial charge < -0.3 is 9.16 Å². The molecule has 0 aromatic heterocycles. The summed E-state index contributed by atoms with van der Waals surface area (Å²) in [5, 5.41) is 0. The fraction of sp³-hybridized carbons (Fsp3) is 0.800. The Hall–Kier alpha value is -0.353. The van der Waals surface area contributed by atoms with Crippen molar-refractivity contribution in [3.05, 3.63) is 0 Å². The summed E-state index contributed by atoms with van der Waals surface area (Å²) in [6, 6.07) is 0. The summed E-state index contributed by atoms with van der Waals surface area (Å²) >= 11 is 0. The van der Waals surface area contributed by atoms with E-state index in [4.69, 9.17) is 9.16 Å². The van der Waals surface area contributed by atoms with Crippen molar-refractivity contribution in [3.8, 4) is 0 Å². The van der Waals surface area contributed by atoms with Crippen LogP contribution in [0.4, 0.5) is 0 Å². The third-order valence-corrected chi connectivity index (χ3v) is 2.36. The van der Waals surface area contributed by atoms with E-state index in [9.17, 15) is 4.79 Å². The van der Waals surface area contributed by atoms with Crippen LogP contribution in [-0.4, -0.2) is 28.3 Å². The molecule has 0 aromatic rings. The second kappa shape index (κ2) is 4.52. The van der Waals surface area contributed by atoms with Crippen molar-refractivity contribution in [2.24, 2.45) is 0 Å². The van der Waals surface area contributed by atoms with E-state index in [1.54, 1.807) is 7.11 Å². The molecule has 0 radical (unpaired) electrons. The summed E-state index contributed by atoms with van der Waals surface area (Å²) in [6.45, 7) is 3.37. The molecule has 9 heavy (non-hydrogen) atoms. The van der Waals surface area contributed by atoms with Gasteiger partial charge in [-0.05, 0) is 6.55 Å². The van der Waals surface area contributed by atoms with Gasteiger partial charge >= 0.3 is 5.97 Å². The highest BCUT2D eigenvalue weighted by molar-refractivity contribution is 6.50. The number of rotatable bonds is 3. The Kier molecular flexibility index (Phi) is 4.34. The number of hydrogen-bond acceptors (Lipinski definition) is 3. The summed E-state index contributed by atoms with van der Waals surface area (Å²) in [6.07, 6.45) is 0.478. The van der Waals surface area contributed by atoms with Gasteiger partial charge in [0.15, 0.2) is 0 Å². The zero-order valence-corrected chi connectivity index (χ0v) is 7.16. The predicted octanol–water partition coefficient (Wildman–Crippen LogP) is 0.0887. The maximum Gasteiger partial charge on any atom is 0.302 e. The maximum absolute atomic E-state index is 10.2. The molecule has 0 rings (SSSR count). The van der Waals surface area contributed by atoms with Crippen molar-refractivity contribution in [3.63, 3.8) is 0 Å². The van der Waals surface area contributed by atoms with Crippen LogP contribution in [0.2, 0.25) is 6.55 Å². The molecule has 0 N–H and O–H groups in total. The Morgan fingerprint density at radius 3 is 2.56 bits per heavy atom. The molecule has 0 aliphatic rings. The molecule has 0 saturated carbocycles. The quantitative estimate of drug-likeness (QED) is 0.420. The summed E-state index contributed by atoms with van der Waals surface area (Å²) < 4.78 is 9.65. The monoisotopic (exact) mass is 148 g/mol. The van der Waals surface area contributed by atoms with Crippen LogP contribution < -0.4 is 0 Å². The van der Waals surface area contributed by atoms with E-state index in [1.807, 2.05) is 6.55 Å². The molecule has 0 aromatic carbocycles. The van der Waals surface area contributed by atoms with Gasteiger partial charge in [0.2, 0.25) is 9.04 Å². The highest BCUT2D eigenvalue weighted by Gasteiger charge is 2.02. The minimum Gasteiger partial charge on any atom is -0.467 e. The zero-order chi connectivity index (χ0) is 7.28. The molecule has 4 heteroatoms. The Bertz CT molecular complexity index is 94.2. The molecule has 0 fully saturated rings. The van der Waals surface area contributed by atoms with Gasteiger partial charge in [0.25, 0.3) is 0 Å². The molecular formula is C5H12O3Si. The highest BCUT2D eigenvalue weighted by Crippen LogP contribution is 1.84. The third-order valence-electron chi connectivity index (χ3n) is 0.924. The Labute approximate surface area is 56.7 Å². The molecule has 0 bridgehead atoms. The fourth-order valence-electron chi connectivity index (χ4n) is 0.303. The minimum atomic E-state index is -1.18. The maximum atomic E-state index is 10.2. The van der Waals surface area contributed by atoms with E-state index in [2.05, 4.69) is 0 Å². The van der Waals surface area contributed by atoms with Crippen LogP contribution in [0.1, 0.15) is 6.92 Å². The van der Waals surface area contributed by atoms with Gasteiger partial charge in [0.05, 0.1) is 0 Å². The number of carbonyl (C=O) groups is 1. The molecule has 54 valence electrons. The van der Waals surface area contributed by atoms with E-state index < -0.39 is 9.04 Å². The van der Waals surface area contributed by atoms with Crippen LogP contribution >= 0.6 is 0 Å². The van der Waals surface area contributed by atoms with Crippen molar-refractivity contribution in [2.75, 3.05) is 13.3 Å². The van der Waals surface area contributed by atoms with E-state index in [0.29, 0.717) is 6.23 Å². The second-order valence-electron chi connectivity index (χ2n) is 1.85. The molecular weight excluding hydrogens is 136 g/mol. The van der Waals surface area contributed by atoms with Crippen LogP contribution in [-0.2, 0) is 14.0 Å². The summed E-state index contributed by atoms with van der Waals surface area (Å²) in [5.74, 6) is -0.230. The van der Waals surface area contributed by atoms with Gasteiger partial charge in [0, 0.05) is 14.0 Å². The first-order valence-electron chi connectivity index (χ1n) is 2.83. The van der Waals surface area contributed by atoms with Gasteiger partial charge in [-0.25, -0.2) is 0 Å². The van der Waals surface area contributed by atoms with Crippen LogP contribution in [0, 0.1) is 0 Å². The van der Waals surface area contributed by atoms with Gasteiger partial charge in [0.1, 0.15) is 6.23 Å². The van der Waals surface area contributed by atoms with Crippen LogP contribution in [0.5, 0.6) is 0 Å². The van der Waals surface area contributed by atoms with Crippen LogP contribution in [0.3, 0.4) is 0 Å². The number of esters is 1.